The van der Waals surface area contributed by atoms with Crippen LogP contribution in [0.1, 0.15) is 13.3 Å². The maximum Gasteiger partial charge on any atom is 0.224 e. The van der Waals surface area contributed by atoms with Crippen LogP contribution in [0, 0.1) is 5.92 Å². The highest BCUT2D eigenvalue weighted by Gasteiger charge is 2.26. The Morgan fingerprint density at radius 3 is 2.86 bits per heavy atom. The molecule has 1 aliphatic rings. The van der Waals surface area contributed by atoms with E-state index in [2.05, 4.69) is 10.2 Å². The average Bonchev–Trinajstić information content (AvgIpc) is 2.85. The molecule has 1 saturated heterocycles. The molecule has 0 unspecified atom stereocenters. The van der Waals surface area contributed by atoms with E-state index in [4.69, 9.17) is 11.6 Å². The molecule has 1 amide bonds. The van der Waals surface area contributed by atoms with E-state index in [0.29, 0.717) is 11.6 Å². The maximum atomic E-state index is 12.1. The zero-order chi connectivity index (χ0) is 16.3. The van der Waals surface area contributed by atoms with Crippen molar-refractivity contribution >= 4 is 33.0 Å². The first-order valence-electron chi connectivity index (χ1n) is 7.23. The topological polar surface area (TPSA) is 66.5 Å². The van der Waals surface area contributed by atoms with Gasteiger partial charge in [-0.05, 0) is 24.6 Å². The minimum Gasteiger partial charge on any atom is -0.369 e. The summed E-state index contributed by atoms with van der Waals surface area (Å²) in [6.45, 7) is 3.18. The number of carbonyl (C=O) groups is 1. The van der Waals surface area contributed by atoms with Crippen molar-refractivity contribution in [2.45, 2.75) is 19.4 Å². The standard InChI is InChI=1S/C15H21ClN2O3S/c1-11(10-22(2,20)21)15(19)17-13-6-7-18(9-13)14-5-3-4-12(16)8-14/h3-5,8,11,13H,6-7,9-10H2,1-2H3,(H,17,19)/t11-,13-/m1/s1. The number of halogens is 1. The van der Waals surface area contributed by atoms with Gasteiger partial charge >= 0.3 is 0 Å². The van der Waals surface area contributed by atoms with Crippen LogP contribution in [0.3, 0.4) is 0 Å². The summed E-state index contributed by atoms with van der Waals surface area (Å²) in [5, 5.41) is 3.62. The molecule has 0 aromatic heterocycles. The van der Waals surface area contributed by atoms with E-state index in [9.17, 15) is 13.2 Å². The van der Waals surface area contributed by atoms with E-state index in [-0.39, 0.29) is 17.7 Å². The first kappa shape index (κ1) is 17.1. The Morgan fingerprint density at radius 1 is 1.50 bits per heavy atom. The summed E-state index contributed by atoms with van der Waals surface area (Å²) < 4.78 is 22.5. The van der Waals surface area contributed by atoms with Gasteiger partial charge in [0.05, 0.1) is 5.75 Å². The van der Waals surface area contributed by atoms with Crippen molar-refractivity contribution in [1.82, 2.24) is 5.32 Å². The quantitative estimate of drug-likeness (QED) is 0.883. The molecule has 2 atom stereocenters. The summed E-state index contributed by atoms with van der Waals surface area (Å²) in [5.41, 5.74) is 1.04. The molecule has 1 aromatic rings. The van der Waals surface area contributed by atoms with E-state index >= 15 is 0 Å². The lowest BCUT2D eigenvalue weighted by Gasteiger charge is -2.20. The van der Waals surface area contributed by atoms with Crippen molar-refractivity contribution < 1.29 is 13.2 Å². The van der Waals surface area contributed by atoms with Crippen LogP contribution in [0.25, 0.3) is 0 Å². The summed E-state index contributed by atoms with van der Waals surface area (Å²) in [6, 6.07) is 7.65. The number of rotatable bonds is 5. The van der Waals surface area contributed by atoms with E-state index in [0.717, 1.165) is 24.9 Å². The Kier molecular flexibility index (Phi) is 5.34. The average molecular weight is 345 g/mol. The fraction of sp³-hybridized carbons (Fsp3) is 0.533. The Balaban J connectivity index is 1.90. The molecule has 1 heterocycles. The van der Waals surface area contributed by atoms with Crippen LogP contribution >= 0.6 is 11.6 Å². The van der Waals surface area contributed by atoms with E-state index < -0.39 is 15.8 Å². The molecule has 5 nitrogen and oxygen atoms in total. The van der Waals surface area contributed by atoms with Gasteiger partial charge in [0.25, 0.3) is 0 Å². The maximum absolute atomic E-state index is 12.1. The zero-order valence-electron chi connectivity index (χ0n) is 12.8. The summed E-state index contributed by atoms with van der Waals surface area (Å²) in [5.74, 6) is -0.859. The van der Waals surface area contributed by atoms with Gasteiger partial charge in [-0.3, -0.25) is 4.79 Å². The van der Waals surface area contributed by atoms with Crippen LogP contribution in [0.2, 0.25) is 5.02 Å². The largest absolute Gasteiger partial charge is 0.369 e. The third-order valence-electron chi connectivity index (χ3n) is 3.71. The molecular formula is C15H21ClN2O3S. The summed E-state index contributed by atoms with van der Waals surface area (Å²) in [7, 11) is -3.15. The number of nitrogens with zero attached hydrogens (tertiary/aromatic N) is 1. The SMILES string of the molecule is C[C@H](CS(C)(=O)=O)C(=O)N[C@@H]1CCN(c2cccc(Cl)c2)C1. The van der Waals surface area contributed by atoms with Gasteiger partial charge in [-0.1, -0.05) is 24.6 Å². The molecule has 0 radical (unpaired) electrons. The monoisotopic (exact) mass is 344 g/mol. The molecule has 0 spiro atoms. The van der Waals surface area contributed by atoms with Crippen molar-refractivity contribution in [2.24, 2.45) is 5.92 Å². The number of hydrogen-bond acceptors (Lipinski definition) is 4. The molecule has 1 fully saturated rings. The Hall–Kier alpha value is -1.27. The van der Waals surface area contributed by atoms with E-state index in [1.807, 2.05) is 24.3 Å². The van der Waals surface area contributed by atoms with Gasteiger partial charge in [0, 0.05) is 42.0 Å². The van der Waals surface area contributed by atoms with Crippen molar-refractivity contribution in [3.8, 4) is 0 Å². The van der Waals surface area contributed by atoms with Gasteiger partial charge in [-0.15, -0.1) is 0 Å². The minimum atomic E-state index is -3.15. The second kappa shape index (κ2) is 6.87. The Labute approximate surface area is 136 Å². The smallest absolute Gasteiger partial charge is 0.224 e. The summed E-state index contributed by atoms with van der Waals surface area (Å²) >= 11 is 5.99. The van der Waals surface area contributed by atoms with Crippen LogP contribution in [-0.4, -0.2) is 45.5 Å². The van der Waals surface area contributed by atoms with Gasteiger partial charge in [0.1, 0.15) is 9.84 Å². The molecule has 0 saturated carbocycles. The molecule has 122 valence electrons. The number of amides is 1. The second-order valence-corrected chi connectivity index (χ2v) is 8.53. The number of nitrogens with one attached hydrogen (secondary N) is 1. The fourth-order valence-corrected chi connectivity index (χ4v) is 3.90. The van der Waals surface area contributed by atoms with Crippen molar-refractivity contribution in [2.75, 3.05) is 30.0 Å². The fourth-order valence-electron chi connectivity index (χ4n) is 2.66. The van der Waals surface area contributed by atoms with Gasteiger partial charge < -0.3 is 10.2 Å². The van der Waals surface area contributed by atoms with Gasteiger partial charge in [-0.25, -0.2) is 8.42 Å². The molecule has 22 heavy (non-hydrogen) atoms. The van der Waals surface area contributed by atoms with Gasteiger partial charge in [-0.2, -0.15) is 0 Å². The number of hydrogen-bond donors (Lipinski definition) is 1. The van der Waals surface area contributed by atoms with Crippen molar-refractivity contribution in [1.29, 1.82) is 0 Å². The number of benzene rings is 1. The molecule has 1 aromatic carbocycles. The molecule has 0 aliphatic carbocycles. The summed E-state index contributed by atoms with van der Waals surface area (Å²) in [4.78, 5) is 14.2. The number of carbonyl (C=O) groups excluding carboxylic acids is 1. The minimum absolute atomic E-state index is 0.0356. The van der Waals surface area contributed by atoms with Gasteiger partial charge in [0.2, 0.25) is 5.91 Å². The molecule has 7 heteroatoms. The van der Waals surface area contributed by atoms with Crippen LogP contribution < -0.4 is 10.2 Å². The van der Waals surface area contributed by atoms with Crippen molar-refractivity contribution in [3.63, 3.8) is 0 Å². The first-order chi connectivity index (χ1) is 10.2. The number of anilines is 1. The first-order valence-corrected chi connectivity index (χ1v) is 9.67. The summed E-state index contributed by atoms with van der Waals surface area (Å²) in [6.07, 6.45) is 1.98. The second-order valence-electron chi connectivity index (χ2n) is 5.91. The highest BCUT2D eigenvalue weighted by atomic mass is 35.5. The lowest BCUT2D eigenvalue weighted by molar-refractivity contribution is -0.124. The Morgan fingerprint density at radius 2 is 2.23 bits per heavy atom. The van der Waals surface area contributed by atoms with Crippen LogP contribution in [0.5, 0.6) is 0 Å². The molecule has 1 aliphatic heterocycles. The van der Waals surface area contributed by atoms with Gasteiger partial charge in [0.15, 0.2) is 0 Å². The zero-order valence-corrected chi connectivity index (χ0v) is 14.3. The Bertz CT molecular complexity index is 648. The van der Waals surface area contributed by atoms with Crippen molar-refractivity contribution in [3.05, 3.63) is 29.3 Å². The third kappa shape index (κ3) is 4.88. The predicted octanol–water partition coefficient (Wildman–Crippen LogP) is 1.72. The molecular weight excluding hydrogens is 324 g/mol. The number of sulfone groups is 1. The lowest BCUT2D eigenvalue weighted by atomic mass is 10.2. The van der Waals surface area contributed by atoms with E-state index in [1.165, 1.54) is 0 Å². The van der Waals surface area contributed by atoms with E-state index in [1.54, 1.807) is 6.92 Å². The lowest BCUT2D eigenvalue weighted by Crippen LogP contribution is -2.41. The normalized spacial score (nSPS) is 20.0. The predicted molar refractivity (Wildman–Crippen MR) is 89.1 cm³/mol. The third-order valence-corrected chi connectivity index (χ3v) is 5.05. The molecule has 0 bridgehead atoms. The highest BCUT2D eigenvalue weighted by molar-refractivity contribution is 7.90. The highest BCUT2D eigenvalue weighted by Crippen LogP contribution is 2.23. The van der Waals surface area contributed by atoms with Crippen LogP contribution in [0.15, 0.2) is 24.3 Å². The van der Waals surface area contributed by atoms with Crippen LogP contribution in [0.4, 0.5) is 5.69 Å². The van der Waals surface area contributed by atoms with Crippen LogP contribution in [-0.2, 0) is 14.6 Å². The molecule has 2 rings (SSSR count). The molecule has 1 N–H and O–H groups in total.